The van der Waals surface area contributed by atoms with Crippen LogP contribution in [0.4, 0.5) is 0 Å². The van der Waals surface area contributed by atoms with Crippen LogP contribution in [0.1, 0.15) is 25.0 Å². The minimum Gasteiger partial charge on any atom is -0.491 e. The van der Waals surface area contributed by atoms with E-state index in [0.717, 1.165) is 16.9 Å². The number of carbonyl (C=O) groups is 1. The Bertz CT molecular complexity index is 637. The Labute approximate surface area is 130 Å². The maximum absolute atomic E-state index is 11.8. The van der Waals surface area contributed by atoms with Crippen molar-refractivity contribution in [2.75, 3.05) is 0 Å². The predicted molar refractivity (Wildman–Crippen MR) is 87.3 cm³/mol. The minimum absolute atomic E-state index is 0.128. The topological polar surface area (TPSA) is 51.2 Å². The number of nitrogens with one attached hydrogen (secondary N) is 1. The summed E-state index contributed by atoms with van der Waals surface area (Å²) in [7, 11) is 0. The van der Waals surface area contributed by atoms with Crippen molar-refractivity contribution in [3.05, 3.63) is 66.0 Å². The van der Waals surface area contributed by atoms with Gasteiger partial charge in [-0.3, -0.25) is 9.78 Å². The molecule has 1 N–H and O–H groups in total. The first kappa shape index (κ1) is 15.8. The summed E-state index contributed by atoms with van der Waals surface area (Å²) in [6, 6.07) is 11.4. The van der Waals surface area contributed by atoms with E-state index in [1.807, 2.05) is 50.2 Å². The van der Waals surface area contributed by atoms with Crippen LogP contribution in [-0.4, -0.2) is 17.0 Å². The first-order valence-corrected chi connectivity index (χ1v) is 7.25. The van der Waals surface area contributed by atoms with E-state index in [1.54, 1.807) is 18.5 Å². The van der Waals surface area contributed by atoms with Gasteiger partial charge in [0, 0.05) is 25.0 Å². The molecular formula is C18H20N2O2. The van der Waals surface area contributed by atoms with E-state index in [0.29, 0.717) is 6.54 Å². The second-order valence-electron chi connectivity index (χ2n) is 5.15. The molecule has 1 aromatic carbocycles. The molecule has 4 heteroatoms. The third-order valence-electron chi connectivity index (χ3n) is 2.87. The molecular weight excluding hydrogens is 276 g/mol. The molecule has 1 heterocycles. The van der Waals surface area contributed by atoms with Crippen molar-refractivity contribution in [1.29, 1.82) is 0 Å². The van der Waals surface area contributed by atoms with Gasteiger partial charge < -0.3 is 10.1 Å². The number of hydrogen-bond donors (Lipinski definition) is 1. The summed E-state index contributed by atoms with van der Waals surface area (Å²) in [6.45, 7) is 4.45. The molecule has 0 fully saturated rings. The summed E-state index contributed by atoms with van der Waals surface area (Å²) < 4.78 is 5.63. The zero-order valence-electron chi connectivity index (χ0n) is 12.8. The highest BCUT2D eigenvalue weighted by atomic mass is 16.5. The lowest BCUT2D eigenvalue weighted by molar-refractivity contribution is -0.116. The van der Waals surface area contributed by atoms with E-state index >= 15 is 0 Å². The lowest BCUT2D eigenvalue weighted by Crippen LogP contribution is -2.20. The van der Waals surface area contributed by atoms with Crippen molar-refractivity contribution in [3.63, 3.8) is 0 Å². The van der Waals surface area contributed by atoms with Crippen molar-refractivity contribution < 1.29 is 9.53 Å². The highest BCUT2D eigenvalue weighted by Crippen LogP contribution is 2.15. The lowest BCUT2D eigenvalue weighted by atomic mass is 10.2. The molecule has 1 aromatic heterocycles. The fourth-order valence-corrected chi connectivity index (χ4v) is 1.88. The highest BCUT2D eigenvalue weighted by Gasteiger charge is 1.99. The van der Waals surface area contributed by atoms with Crippen LogP contribution in [0.5, 0.6) is 5.75 Å². The average Bonchev–Trinajstić information content (AvgIpc) is 2.52. The van der Waals surface area contributed by atoms with Gasteiger partial charge in [-0.1, -0.05) is 12.1 Å². The van der Waals surface area contributed by atoms with Gasteiger partial charge in [0.15, 0.2) is 0 Å². The Morgan fingerprint density at radius 1 is 1.27 bits per heavy atom. The van der Waals surface area contributed by atoms with Gasteiger partial charge in [-0.05, 0) is 55.3 Å². The number of amides is 1. The van der Waals surface area contributed by atoms with E-state index in [4.69, 9.17) is 4.74 Å². The Balaban J connectivity index is 1.89. The van der Waals surface area contributed by atoms with Gasteiger partial charge in [0.2, 0.25) is 5.91 Å². The van der Waals surface area contributed by atoms with Gasteiger partial charge in [-0.25, -0.2) is 0 Å². The molecule has 0 saturated heterocycles. The number of rotatable bonds is 6. The second kappa shape index (κ2) is 7.98. The third kappa shape index (κ3) is 5.40. The Hall–Kier alpha value is -2.62. The average molecular weight is 296 g/mol. The number of ether oxygens (including phenoxy) is 1. The van der Waals surface area contributed by atoms with Crippen molar-refractivity contribution in [3.8, 4) is 5.75 Å². The molecule has 114 valence electrons. The summed E-state index contributed by atoms with van der Waals surface area (Å²) in [6.07, 6.45) is 6.84. The van der Waals surface area contributed by atoms with Gasteiger partial charge in [-0.15, -0.1) is 0 Å². The summed E-state index contributed by atoms with van der Waals surface area (Å²) >= 11 is 0. The monoisotopic (exact) mass is 296 g/mol. The number of nitrogens with zero attached hydrogens (tertiary/aromatic N) is 1. The van der Waals surface area contributed by atoms with Crippen LogP contribution >= 0.6 is 0 Å². The minimum atomic E-state index is -0.132. The van der Waals surface area contributed by atoms with Crippen LogP contribution in [-0.2, 0) is 11.3 Å². The Morgan fingerprint density at radius 3 is 2.77 bits per heavy atom. The molecule has 0 atom stereocenters. The van der Waals surface area contributed by atoms with E-state index in [-0.39, 0.29) is 12.0 Å². The SMILES string of the molecule is CC(C)Oc1cccc(/C=C/C(=O)NCc2ccncc2)c1. The summed E-state index contributed by atoms with van der Waals surface area (Å²) in [4.78, 5) is 15.7. The van der Waals surface area contributed by atoms with Gasteiger partial charge in [-0.2, -0.15) is 0 Å². The molecule has 0 saturated carbocycles. The predicted octanol–water partition coefficient (Wildman–Crippen LogP) is 3.20. The zero-order chi connectivity index (χ0) is 15.8. The Morgan fingerprint density at radius 2 is 2.05 bits per heavy atom. The van der Waals surface area contributed by atoms with Gasteiger partial charge in [0.1, 0.15) is 5.75 Å². The van der Waals surface area contributed by atoms with Crippen LogP contribution in [0, 0.1) is 0 Å². The van der Waals surface area contributed by atoms with Gasteiger partial charge in [0.25, 0.3) is 0 Å². The first-order valence-electron chi connectivity index (χ1n) is 7.25. The molecule has 2 aromatic rings. The van der Waals surface area contributed by atoms with Crippen molar-refractivity contribution in [1.82, 2.24) is 10.3 Å². The number of aromatic nitrogens is 1. The molecule has 0 radical (unpaired) electrons. The lowest BCUT2D eigenvalue weighted by Gasteiger charge is -2.09. The molecule has 0 aliphatic heterocycles. The third-order valence-corrected chi connectivity index (χ3v) is 2.87. The molecule has 0 aliphatic rings. The standard InChI is InChI=1S/C18H20N2O2/c1-14(2)22-17-5-3-4-15(12-17)6-7-18(21)20-13-16-8-10-19-11-9-16/h3-12,14H,13H2,1-2H3,(H,20,21)/b7-6+. The van der Waals surface area contributed by atoms with Crippen molar-refractivity contribution >= 4 is 12.0 Å². The number of hydrogen-bond acceptors (Lipinski definition) is 3. The molecule has 2 rings (SSSR count). The molecule has 0 spiro atoms. The normalized spacial score (nSPS) is 10.9. The van der Waals surface area contributed by atoms with Gasteiger partial charge in [0.05, 0.1) is 6.10 Å². The molecule has 4 nitrogen and oxygen atoms in total. The van der Waals surface area contributed by atoms with Crippen LogP contribution in [0.2, 0.25) is 0 Å². The molecule has 0 bridgehead atoms. The first-order chi connectivity index (χ1) is 10.6. The Kier molecular flexibility index (Phi) is 5.72. The number of carbonyl (C=O) groups excluding carboxylic acids is 1. The van der Waals surface area contributed by atoms with Crippen molar-refractivity contribution in [2.24, 2.45) is 0 Å². The quantitative estimate of drug-likeness (QED) is 0.833. The zero-order valence-corrected chi connectivity index (χ0v) is 12.8. The van der Waals surface area contributed by atoms with Crippen molar-refractivity contribution in [2.45, 2.75) is 26.5 Å². The van der Waals surface area contributed by atoms with E-state index in [2.05, 4.69) is 10.3 Å². The van der Waals surface area contributed by atoms with Crippen LogP contribution in [0.25, 0.3) is 6.08 Å². The molecule has 0 unspecified atom stereocenters. The van der Waals surface area contributed by atoms with E-state index in [1.165, 1.54) is 6.08 Å². The highest BCUT2D eigenvalue weighted by molar-refractivity contribution is 5.91. The molecule has 1 amide bonds. The molecule has 0 aliphatic carbocycles. The maximum atomic E-state index is 11.8. The van der Waals surface area contributed by atoms with Crippen LogP contribution in [0.3, 0.4) is 0 Å². The van der Waals surface area contributed by atoms with E-state index in [9.17, 15) is 4.79 Å². The smallest absolute Gasteiger partial charge is 0.244 e. The number of benzene rings is 1. The second-order valence-corrected chi connectivity index (χ2v) is 5.15. The van der Waals surface area contributed by atoms with Gasteiger partial charge >= 0.3 is 0 Å². The fraction of sp³-hybridized carbons (Fsp3) is 0.222. The fourth-order valence-electron chi connectivity index (χ4n) is 1.88. The molecule has 22 heavy (non-hydrogen) atoms. The van der Waals surface area contributed by atoms with Crippen LogP contribution in [0.15, 0.2) is 54.9 Å². The maximum Gasteiger partial charge on any atom is 0.244 e. The summed E-state index contributed by atoms with van der Waals surface area (Å²) in [5.74, 6) is 0.668. The van der Waals surface area contributed by atoms with E-state index < -0.39 is 0 Å². The largest absolute Gasteiger partial charge is 0.491 e. The summed E-state index contributed by atoms with van der Waals surface area (Å²) in [5, 5.41) is 2.83. The summed E-state index contributed by atoms with van der Waals surface area (Å²) in [5.41, 5.74) is 1.95. The van der Waals surface area contributed by atoms with Crippen LogP contribution < -0.4 is 10.1 Å². The number of pyridine rings is 1.